The fourth-order valence-corrected chi connectivity index (χ4v) is 3.58. The number of nitro groups is 1. The van der Waals surface area contributed by atoms with E-state index in [9.17, 15) is 10.1 Å². The van der Waals surface area contributed by atoms with Crippen molar-refractivity contribution in [2.45, 2.75) is 16.3 Å². The van der Waals surface area contributed by atoms with Crippen LogP contribution in [-0.2, 0) is 6.42 Å². The molecule has 0 saturated carbocycles. The van der Waals surface area contributed by atoms with Crippen LogP contribution in [0.5, 0.6) is 11.5 Å². The van der Waals surface area contributed by atoms with Gasteiger partial charge in [0.25, 0.3) is 0 Å². The molecule has 0 radical (unpaired) electrons. The van der Waals surface area contributed by atoms with E-state index in [0.717, 1.165) is 10.5 Å². The number of rotatable bonds is 9. The molecule has 8 nitrogen and oxygen atoms in total. The van der Waals surface area contributed by atoms with Crippen molar-refractivity contribution >= 4 is 23.3 Å². The highest BCUT2D eigenvalue weighted by Gasteiger charge is 2.23. The van der Waals surface area contributed by atoms with Crippen molar-refractivity contribution in [2.24, 2.45) is 0 Å². The number of anilines is 1. The molecule has 9 heteroatoms. The number of hydrogen-bond acceptors (Lipinski definition) is 8. The van der Waals surface area contributed by atoms with E-state index in [-0.39, 0.29) is 11.5 Å². The van der Waals surface area contributed by atoms with Crippen LogP contribution in [0.1, 0.15) is 5.56 Å². The van der Waals surface area contributed by atoms with Crippen LogP contribution in [-0.4, -0.2) is 35.7 Å². The summed E-state index contributed by atoms with van der Waals surface area (Å²) in [6.07, 6.45) is 1.96. The van der Waals surface area contributed by atoms with Crippen LogP contribution < -0.4 is 14.8 Å². The van der Waals surface area contributed by atoms with Crippen molar-refractivity contribution in [1.82, 2.24) is 9.97 Å². The van der Waals surface area contributed by atoms with Crippen molar-refractivity contribution in [3.05, 3.63) is 70.5 Å². The predicted octanol–water partition coefficient (Wildman–Crippen LogP) is 4.21. The van der Waals surface area contributed by atoms with Gasteiger partial charge in [0.2, 0.25) is 5.82 Å². The van der Waals surface area contributed by atoms with Crippen LogP contribution in [0.25, 0.3) is 0 Å². The molecule has 29 heavy (non-hydrogen) atoms. The molecule has 1 N–H and O–H groups in total. The quantitative estimate of drug-likeness (QED) is 0.317. The Labute approximate surface area is 172 Å². The van der Waals surface area contributed by atoms with Gasteiger partial charge in [-0.2, -0.15) is 0 Å². The maximum absolute atomic E-state index is 11.7. The second-order valence-electron chi connectivity index (χ2n) is 5.91. The van der Waals surface area contributed by atoms with E-state index in [1.54, 1.807) is 14.2 Å². The van der Waals surface area contributed by atoms with Crippen LogP contribution >= 0.6 is 11.8 Å². The largest absolute Gasteiger partial charge is 0.493 e. The molecular formula is C20H20N4O4S. The fourth-order valence-electron chi connectivity index (χ4n) is 2.69. The van der Waals surface area contributed by atoms with Gasteiger partial charge < -0.3 is 14.8 Å². The molecule has 0 atom stereocenters. The van der Waals surface area contributed by atoms with Crippen LogP contribution in [0.15, 0.2) is 64.8 Å². The summed E-state index contributed by atoms with van der Waals surface area (Å²) >= 11 is 1.23. The molecule has 0 bridgehead atoms. The molecule has 0 aliphatic heterocycles. The summed E-state index contributed by atoms with van der Waals surface area (Å²) in [5, 5.41) is 15.0. The highest BCUT2D eigenvalue weighted by atomic mass is 32.2. The zero-order chi connectivity index (χ0) is 20.6. The van der Waals surface area contributed by atoms with E-state index in [4.69, 9.17) is 9.47 Å². The van der Waals surface area contributed by atoms with Gasteiger partial charge in [-0.05, 0) is 36.2 Å². The molecule has 1 heterocycles. The number of ether oxygens (including phenoxy) is 2. The van der Waals surface area contributed by atoms with Crippen LogP contribution in [0, 0.1) is 10.1 Å². The molecule has 0 aliphatic rings. The minimum atomic E-state index is -0.454. The SMILES string of the molecule is COc1ccc(CCNc2ncnc(Sc3ccccc3)c2[N+](=O)[O-])cc1OC. The van der Waals surface area contributed by atoms with Gasteiger partial charge in [-0.3, -0.25) is 10.1 Å². The summed E-state index contributed by atoms with van der Waals surface area (Å²) < 4.78 is 10.5. The van der Waals surface area contributed by atoms with E-state index in [1.807, 2.05) is 48.5 Å². The second kappa shape index (κ2) is 9.74. The lowest BCUT2D eigenvalue weighted by Crippen LogP contribution is -2.10. The van der Waals surface area contributed by atoms with E-state index >= 15 is 0 Å². The molecule has 0 aliphatic carbocycles. The number of methoxy groups -OCH3 is 2. The number of nitrogens with one attached hydrogen (secondary N) is 1. The Morgan fingerprint density at radius 2 is 1.83 bits per heavy atom. The Hall–Kier alpha value is -3.33. The van der Waals surface area contributed by atoms with Crippen molar-refractivity contribution in [3.63, 3.8) is 0 Å². The predicted molar refractivity (Wildman–Crippen MR) is 111 cm³/mol. The van der Waals surface area contributed by atoms with Gasteiger partial charge in [-0.25, -0.2) is 9.97 Å². The molecule has 2 aromatic carbocycles. The first-order chi connectivity index (χ1) is 14.1. The number of hydrogen-bond donors (Lipinski definition) is 1. The molecule has 3 aromatic rings. The van der Waals surface area contributed by atoms with Gasteiger partial charge in [0.05, 0.1) is 19.1 Å². The maximum Gasteiger partial charge on any atom is 0.343 e. The third-order valence-electron chi connectivity index (χ3n) is 4.08. The summed E-state index contributed by atoms with van der Waals surface area (Å²) in [5.41, 5.74) is 0.874. The minimum Gasteiger partial charge on any atom is -0.493 e. The van der Waals surface area contributed by atoms with Gasteiger partial charge >= 0.3 is 5.69 Å². The Kier molecular flexibility index (Phi) is 6.85. The fraction of sp³-hybridized carbons (Fsp3) is 0.200. The normalized spacial score (nSPS) is 10.4. The highest BCUT2D eigenvalue weighted by Crippen LogP contribution is 2.36. The Balaban J connectivity index is 1.74. The standard InChI is InChI=1S/C20H20N4O4S/c1-27-16-9-8-14(12-17(16)28-2)10-11-21-19-18(24(25)26)20(23-13-22-19)29-15-6-4-3-5-7-15/h3-9,12-13H,10-11H2,1-2H3,(H,21,22,23). The first-order valence-electron chi connectivity index (χ1n) is 8.79. The summed E-state index contributed by atoms with van der Waals surface area (Å²) in [5.74, 6) is 1.49. The molecule has 0 spiro atoms. The maximum atomic E-state index is 11.7. The lowest BCUT2D eigenvalue weighted by atomic mass is 10.1. The molecule has 0 unspecified atom stereocenters. The lowest BCUT2D eigenvalue weighted by Gasteiger charge is -2.11. The molecule has 0 saturated heterocycles. The van der Waals surface area contributed by atoms with E-state index in [2.05, 4.69) is 15.3 Å². The van der Waals surface area contributed by atoms with Crippen LogP contribution in [0.2, 0.25) is 0 Å². The summed E-state index contributed by atoms with van der Waals surface area (Å²) in [4.78, 5) is 20.2. The summed E-state index contributed by atoms with van der Waals surface area (Å²) in [6, 6.07) is 15.0. The van der Waals surface area contributed by atoms with Crippen LogP contribution in [0.3, 0.4) is 0 Å². The van der Waals surface area contributed by atoms with E-state index in [0.29, 0.717) is 29.5 Å². The Bertz CT molecular complexity index is 985. The number of aromatic nitrogens is 2. The molecule has 0 amide bonds. The first-order valence-corrected chi connectivity index (χ1v) is 9.61. The summed E-state index contributed by atoms with van der Waals surface area (Å²) in [7, 11) is 3.16. The highest BCUT2D eigenvalue weighted by molar-refractivity contribution is 7.99. The van der Waals surface area contributed by atoms with Crippen molar-refractivity contribution in [2.75, 3.05) is 26.1 Å². The Morgan fingerprint density at radius 1 is 1.07 bits per heavy atom. The third kappa shape index (κ3) is 5.14. The molecule has 1 aromatic heterocycles. The number of nitrogens with zero attached hydrogens (tertiary/aromatic N) is 3. The zero-order valence-electron chi connectivity index (χ0n) is 16.0. The molecule has 3 rings (SSSR count). The summed E-state index contributed by atoms with van der Waals surface area (Å²) in [6.45, 7) is 0.461. The third-order valence-corrected chi connectivity index (χ3v) is 5.08. The van der Waals surface area contributed by atoms with Crippen LogP contribution in [0.4, 0.5) is 11.5 Å². The van der Waals surface area contributed by atoms with Crippen molar-refractivity contribution in [3.8, 4) is 11.5 Å². The van der Waals surface area contributed by atoms with Gasteiger partial charge in [-0.15, -0.1) is 0 Å². The monoisotopic (exact) mass is 412 g/mol. The van der Waals surface area contributed by atoms with Gasteiger partial charge in [0, 0.05) is 11.4 Å². The van der Waals surface area contributed by atoms with Crippen molar-refractivity contribution < 1.29 is 14.4 Å². The average molecular weight is 412 g/mol. The zero-order valence-corrected chi connectivity index (χ0v) is 16.8. The van der Waals surface area contributed by atoms with Gasteiger partial charge in [0.15, 0.2) is 16.5 Å². The van der Waals surface area contributed by atoms with E-state index < -0.39 is 4.92 Å². The molecule has 150 valence electrons. The smallest absolute Gasteiger partial charge is 0.343 e. The topological polar surface area (TPSA) is 99.4 Å². The molecular weight excluding hydrogens is 392 g/mol. The average Bonchev–Trinajstić information content (AvgIpc) is 2.74. The van der Waals surface area contributed by atoms with Crippen molar-refractivity contribution in [1.29, 1.82) is 0 Å². The first kappa shape index (κ1) is 20.4. The number of benzene rings is 2. The van der Waals surface area contributed by atoms with Gasteiger partial charge in [-0.1, -0.05) is 36.0 Å². The molecule has 0 fully saturated rings. The lowest BCUT2D eigenvalue weighted by molar-refractivity contribution is -0.387. The van der Waals surface area contributed by atoms with E-state index in [1.165, 1.54) is 18.1 Å². The Morgan fingerprint density at radius 3 is 2.52 bits per heavy atom. The van der Waals surface area contributed by atoms with Gasteiger partial charge in [0.1, 0.15) is 6.33 Å². The minimum absolute atomic E-state index is 0.131. The second-order valence-corrected chi connectivity index (χ2v) is 6.98.